The highest BCUT2D eigenvalue weighted by atomic mass is 32.2. The Balaban J connectivity index is 1.45. The van der Waals surface area contributed by atoms with Gasteiger partial charge in [-0.1, -0.05) is 23.5 Å². The number of nitrogens with one attached hydrogen (secondary N) is 1. The molecule has 0 saturated carbocycles. The first-order valence-electron chi connectivity index (χ1n) is 10.4. The van der Waals surface area contributed by atoms with Crippen LogP contribution in [0.15, 0.2) is 47.3 Å². The summed E-state index contributed by atoms with van der Waals surface area (Å²) in [6.07, 6.45) is 0. The van der Waals surface area contributed by atoms with Crippen LogP contribution in [-0.4, -0.2) is 49.5 Å². The maximum atomic E-state index is 12.7. The Morgan fingerprint density at radius 1 is 1.12 bits per heavy atom. The minimum absolute atomic E-state index is 0.0268. The lowest BCUT2D eigenvalue weighted by Gasteiger charge is -2.26. The Kier molecular flexibility index (Phi) is 6.47. The molecule has 2 aromatic carbocycles. The molecule has 1 amide bonds. The third-order valence-electron chi connectivity index (χ3n) is 5.32. The van der Waals surface area contributed by atoms with Crippen molar-refractivity contribution in [3.63, 3.8) is 0 Å². The summed E-state index contributed by atoms with van der Waals surface area (Å²) in [5, 5.41) is 2.84. The summed E-state index contributed by atoms with van der Waals surface area (Å²) >= 11 is 1.15. The van der Waals surface area contributed by atoms with Crippen molar-refractivity contribution in [1.29, 1.82) is 0 Å². The average Bonchev–Trinajstić information content (AvgIpc) is 3.09. The molecule has 1 aromatic heterocycles. The molecule has 170 valence electrons. The summed E-state index contributed by atoms with van der Waals surface area (Å²) in [5.74, 6) is -0.417. The summed E-state index contributed by atoms with van der Waals surface area (Å²) in [6.45, 7) is 5.45. The molecule has 1 fully saturated rings. The number of benzene rings is 2. The molecule has 0 atom stereocenters. The van der Waals surface area contributed by atoms with Gasteiger partial charge in [0.05, 0.1) is 29.2 Å². The van der Waals surface area contributed by atoms with E-state index in [1.807, 2.05) is 19.9 Å². The molecule has 0 spiro atoms. The standard InChI is InChI=1S/C22H25N3O5S2/c1-15(2)25-19-8-7-18(13-20(19)31-22(25)27)23-21(26)17-5-3-16(4-6-17)14-32(28,29)24-9-11-30-12-10-24/h3-8,13,15H,9-12,14H2,1-2H3,(H,23,26). The Hall–Kier alpha value is -2.53. The van der Waals surface area contributed by atoms with E-state index < -0.39 is 10.0 Å². The molecular formula is C22H25N3O5S2. The van der Waals surface area contributed by atoms with E-state index >= 15 is 0 Å². The molecule has 1 N–H and O–H groups in total. The number of nitrogens with zero attached hydrogens (tertiary/aromatic N) is 2. The second-order valence-electron chi connectivity index (χ2n) is 7.93. The number of carbonyl (C=O) groups is 1. The summed E-state index contributed by atoms with van der Waals surface area (Å²) < 4.78 is 34.3. The number of hydrogen-bond acceptors (Lipinski definition) is 6. The third-order valence-corrected chi connectivity index (χ3v) is 8.08. The molecular weight excluding hydrogens is 450 g/mol. The fraction of sp³-hybridized carbons (Fsp3) is 0.364. The van der Waals surface area contributed by atoms with Crippen LogP contribution in [0.1, 0.15) is 35.8 Å². The first-order valence-corrected chi connectivity index (χ1v) is 12.8. The maximum absolute atomic E-state index is 12.7. The number of hydrogen-bond donors (Lipinski definition) is 1. The summed E-state index contributed by atoms with van der Waals surface area (Å²) in [7, 11) is -3.42. The number of morpholine rings is 1. The van der Waals surface area contributed by atoms with Gasteiger partial charge in [0.25, 0.3) is 5.91 Å². The van der Waals surface area contributed by atoms with Gasteiger partial charge in [0.2, 0.25) is 10.0 Å². The van der Waals surface area contributed by atoms with E-state index in [1.54, 1.807) is 41.0 Å². The van der Waals surface area contributed by atoms with Crippen molar-refractivity contribution in [2.75, 3.05) is 31.6 Å². The number of thiazole rings is 1. The van der Waals surface area contributed by atoms with Crippen molar-refractivity contribution < 1.29 is 17.9 Å². The number of rotatable bonds is 6. The van der Waals surface area contributed by atoms with Crippen LogP contribution < -0.4 is 10.2 Å². The van der Waals surface area contributed by atoms with Gasteiger partial charge in [0.1, 0.15) is 0 Å². The van der Waals surface area contributed by atoms with Gasteiger partial charge in [-0.25, -0.2) is 8.42 Å². The quantitative estimate of drug-likeness (QED) is 0.591. The maximum Gasteiger partial charge on any atom is 0.308 e. The molecule has 32 heavy (non-hydrogen) atoms. The van der Waals surface area contributed by atoms with Crippen molar-refractivity contribution in [3.8, 4) is 0 Å². The van der Waals surface area contributed by atoms with Gasteiger partial charge in [0, 0.05) is 30.4 Å². The molecule has 0 radical (unpaired) electrons. The largest absolute Gasteiger partial charge is 0.379 e. The number of amides is 1. The van der Waals surface area contributed by atoms with Crippen LogP contribution in [0.4, 0.5) is 5.69 Å². The van der Waals surface area contributed by atoms with Crippen molar-refractivity contribution >= 4 is 43.2 Å². The topological polar surface area (TPSA) is 97.7 Å². The lowest BCUT2D eigenvalue weighted by molar-refractivity contribution is 0.0729. The van der Waals surface area contributed by atoms with Crippen LogP contribution in [0.3, 0.4) is 0 Å². The first kappa shape index (κ1) is 22.7. The smallest absolute Gasteiger partial charge is 0.308 e. The molecule has 3 aromatic rings. The molecule has 8 nitrogen and oxygen atoms in total. The van der Waals surface area contributed by atoms with Crippen LogP contribution >= 0.6 is 11.3 Å². The Morgan fingerprint density at radius 2 is 1.81 bits per heavy atom. The van der Waals surface area contributed by atoms with Gasteiger partial charge in [-0.3, -0.25) is 14.2 Å². The molecule has 4 rings (SSSR count). The number of sulfonamides is 1. The van der Waals surface area contributed by atoms with Crippen LogP contribution in [-0.2, 0) is 20.5 Å². The van der Waals surface area contributed by atoms with Gasteiger partial charge < -0.3 is 10.1 Å². The number of fused-ring (bicyclic) bond motifs is 1. The highest BCUT2D eigenvalue weighted by Crippen LogP contribution is 2.24. The molecule has 10 heteroatoms. The first-order chi connectivity index (χ1) is 15.2. The highest BCUT2D eigenvalue weighted by molar-refractivity contribution is 7.88. The van der Waals surface area contributed by atoms with Gasteiger partial charge in [-0.15, -0.1) is 0 Å². The van der Waals surface area contributed by atoms with Crippen LogP contribution in [0.25, 0.3) is 10.2 Å². The zero-order valence-corrected chi connectivity index (χ0v) is 19.5. The van der Waals surface area contributed by atoms with Crippen LogP contribution in [0.5, 0.6) is 0 Å². The van der Waals surface area contributed by atoms with E-state index in [9.17, 15) is 18.0 Å². The van der Waals surface area contributed by atoms with E-state index in [2.05, 4.69) is 5.32 Å². The molecule has 2 heterocycles. The van der Waals surface area contributed by atoms with Gasteiger partial charge in [-0.05, 0) is 49.7 Å². The number of carbonyl (C=O) groups excluding carboxylic acids is 1. The van der Waals surface area contributed by atoms with E-state index in [4.69, 9.17) is 4.74 Å². The van der Waals surface area contributed by atoms with Crippen LogP contribution in [0, 0.1) is 0 Å². The van der Waals surface area contributed by atoms with Gasteiger partial charge >= 0.3 is 4.87 Å². The lowest BCUT2D eigenvalue weighted by Crippen LogP contribution is -2.41. The summed E-state index contributed by atoms with van der Waals surface area (Å²) in [5.41, 5.74) is 2.48. The normalized spacial score (nSPS) is 15.3. The minimum Gasteiger partial charge on any atom is -0.379 e. The molecule has 0 bridgehead atoms. The predicted octanol–water partition coefficient (Wildman–Crippen LogP) is 3.06. The van der Waals surface area contributed by atoms with Gasteiger partial charge in [0.15, 0.2) is 0 Å². The fourth-order valence-corrected chi connectivity index (χ4v) is 6.24. The predicted molar refractivity (Wildman–Crippen MR) is 126 cm³/mol. The Bertz CT molecular complexity index is 1290. The second kappa shape index (κ2) is 9.14. The monoisotopic (exact) mass is 475 g/mol. The zero-order chi connectivity index (χ0) is 22.9. The third kappa shape index (κ3) is 4.78. The molecule has 1 saturated heterocycles. The molecule has 1 aliphatic rings. The van der Waals surface area contributed by atoms with E-state index in [1.165, 1.54) is 4.31 Å². The van der Waals surface area contributed by atoms with Crippen molar-refractivity contribution in [2.45, 2.75) is 25.6 Å². The number of ether oxygens (including phenoxy) is 1. The molecule has 0 aliphatic carbocycles. The number of aromatic nitrogens is 1. The van der Waals surface area contributed by atoms with Crippen molar-refractivity contribution in [3.05, 3.63) is 63.3 Å². The van der Waals surface area contributed by atoms with Crippen molar-refractivity contribution in [2.24, 2.45) is 0 Å². The summed E-state index contributed by atoms with van der Waals surface area (Å²) in [4.78, 5) is 24.8. The number of anilines is 1. The Morgan fingerprint density at radius 3 is 2.47 bits per heavy atom. The SMILES string of the molecule is CC(C)n1c(=O)sc2cc(NC(=O)c3ccc(CS(=O)(=O)N4CCOCC4)cc3)ccc21. The van der Waals surface area contributed by atoms with E-state index in [-0.39, 0.29) is 22.6 Å². The minimum atomic E-state index is -3.42. The summed E-state index contributed by atoms with van der Waals surface area (Å²) in [6, 6.07) is 12.0. The fourth-order valence-electron chi connectivity index (χ4n) is 3.69. The van der Waals surface area contributed by atoms with Gasteiger partial charge in [-0.2, -0.15) is 4.31 Å². The van der Waals surface area contributed by atoms with Crippen LogP contribution in [0.2, 0.25) is 0 Å². The zero-order valence-electron chi connectivity index (χ0n) is 17.9. The van der Waals surface area contributed by atoms with E-state index in [0.29, 0.717) is 43.1 Å². The van der Waals surface area contributed by atoms with Crippen molar-refractivity contribution in [1.82, 2.24) is 8.87 Å². The second-order valence-corrected chi connectivity index (χ2v) is 10.9. The average molecular weight is 476 g/mol. The molecule has 1 aliphatic heterocycles. The van der Waals surface area contributed by atoms with E-state index in [0.717, 1.165) is 21.6 Å². The lowest BCUT2D eigenvalue weighted by atomic mass is 10.1. The Labute approximate surface area is 190 Å². The highest BCUT2D eigenvalue weighted by Gasteiger charge is 2.24. The molecule has 0 unspecified atom stereocenters.